The number of pyridine rings is 1. The molecule has 1 atom stereocenters. The third-order valence-electron chi connectivity index (χ3n) is 2.68. The molecule has 0 fully saturated rings. The van der Waals surface area contributed by atoms with Crippen LogP contribution in [0.2, 0.25) is 5.15 Å². The molecule has 2 nitrogen and oxygen atoms in total. The molecule has 0 saturated carbocycles. The Morgan fingerprint density at radius 1 is 1.62 bits per heavy atom. The SMILES string of the molecule is OC[C@H]1CCCc2c1ccnc2Cl. The van der Waals surface area contributed by atoms with Crippen LogP contribution in [0.5, 0.6) is 0 Å². The first kappa shape index (κ1) is 8.97. The van der Waals surface area contributed by atoms with E-state index < -0.39 is 0 Å². The summed E-state index contributed by atoms with van der Waals surface area (Å²) in [6, 6.07) is 1.97. The molecule has 70 valence electrons. The van der Waals surface area contributed by atoms with Crippen molar-refractivity contribution >= 4 is 11.6 Å². The molecule has 1 heterocycles. The lowest BCUT2D eigenvalue weighted by Crippen LogP contribution is -2.13. The first-order chi connectivity index (χ1) is 6.33. The molecule has 0 aliphatic heterocycles. The molecule has 0 spiro atoms. The largest absolute Gasteiger partial charge is 0.396 e. The molecule has 0 radical (unpaired) electrons. The van der Waals surface area contributed by atoms with Crippen molar-refractivity contribution in [3.63, 3.8) is 0 Å². The maximum Gasteiger partial charge on any atom is 0.132 e. The molecule has 3 heteroatoms. The topological polar surface area (TPSA) is 33.1 Å². The van der Waals surface area contributed by atoms with Gasteiger partial charge in [0, 0.05) is 18.7 Å². The molecule has 2 rings (SSSR count). The summed E-state index contributed by atoms with van der Waals surface area (Å²) >= 11 is 5.97. The second kappa shape index (κ2) is 3.64. The summed E-state index contributed by atoms with van der Waals surface area (Å²) in [5.74, 6) is 0.268. The molecular weight excluding hydrogens is 186 g/mol. The van der Waals surface area contributed by atoms with Crippen molar-refractivity contribution in [3.05, 3.63) is 28.5 Å². The Bertz CT molecular complexity index is 314. The van der Waals surface area contributed by atoms with Crippen LogP contribution in [0.4, 0.5) is 0 Å². The van der Waals surface area contributed by atoms with Crippen molar-refractivity contribution in [2.24, 2.45) is 0 Å². The standard InChI is InChI=1S/C10H12ClNO/c11-10-9-3-1-2-7(6-13)8(9)4-5-12-10/h4-5,7,13H,1-3,6H2/t7-/m1/s1. The highest BCUT2D eigenvalue weighted by molar-refractivity contribution is 6.30. The highest BCUT2D eigenvalue weighted by atomic mass is 35.5. The Morgan fingerprint density at radius 2 is 2.46 bits per heavy atom. The molecule has 1 aliphatic carbocycles. The van der Waals surface area contributed by atoms with Crippen molar-refractivity contribution in [1.82, 2.24) is 4.98 Å². The minimum Gasteiger partial charge on any atom is -0.396 e. The Morgan fingerprint density at radius 3 is 3.23 bits per heavy atom. The van der Waals surface area contributed by atoms with Gasteiger partial charge >= 0.3 is 0 Å². The number of rotatable bonds is 1. The van der Waals surface area contributed by atoms with E-state index in [1.165, 1.54) is 5.56 Å². The van der Waals surface area contributed by atoms with Gasteiger partial charge in [-0.15, -0.1) is 0 Å². The first-order valence-corrected chi connectivity index (χ1v) is 4.95. The molecule has 1 N–H and O–H groups in total. The number of fused-ring (bicyclic) bond motifs is 1. The van der Waals surface area contributed by atoms with E-state index in [0.29, 0.717) is 5.15 Å². The molecule has 0 aromatic carbocycles. The van der Waals surface area contributed by atoms with Crippen LogP contribution in [-0.2, 0) is 6.42 Å². The van der Waals surface area contributed by atoms with Gasteiger partial charge in [0.05, 0.1) is 0 Å². The van der Waals surface area contributed by atoms with E-state index in [1.54, 1.807) is 6.20 Å². The van der Waals surface area contributed by atoms with Gasteiger partial charge in [-0.3, -0.25) is 0 Å². The monoisotopic (exact) mass is 197 g/mol. The van der Waals surface area contributed by atoms with Crippen LogP contribution in [0, 0.1) is 0 Å². The molecule has 1 aromatic heterocycles. The average Bonchev–Trinajstić information content (AvgIpc) is 2.18. The summed E-state index contributed by atoms with van der Waals surface area (Å²) in [6.07, 6.45) is 4.88. The molecule has 1 aliphatic rings. The number of nitrogens with zero attached hydrogens (tertiary/aromatic N) is 1. The van der Waals surface area contributed by atoms with E-state index in [2.05, 4.69) is 4.98 Å². The fourth-order valence-electron chi connectivity index (χ4n) is 1.98. The first-order valence-electron chi connectivity index (χ1n) is 4.57. The van der Waals surface area contributed by atoms with E-state index >= 15 is 0 Å². The number of aliphatic hydroxyl groups excluding tert-OH is 1. The number of aliphatic hydroxyl groups is 1. The Hall–Kier alpha value is -0.600. The van der Waals surface area contributed by atoms with Crippen molar-refractivity contribution in [2.75, 3.05) is 6.61 Å². The van der Waals surface area contributed by atoms with Gasteiger partial charge in [-0.1, -0.05) is 11.6 Å². The quantitative estimate of drug-likeness (QED) is 0.700. The van der Waals surface area contributed by atoms with Crippen LogP contribution in [0.1, 0.15) is 29.9 Å². The van der Waals surface area contributed by atoms with Gasteiger partial charge < -0.3 is 5.11 Å². The second-order valence-corrected chi connectivity index (χ2v) is 3.80. The fourth-order valence-corrected chi connectivity index (χ4v) is 2.24. The summed E-state index contributed by atoms with van der Waals surface area (Å²) in [5, 5.41) is 9.77. The number of halogens is 1. The number of hydrogen-bond acceptors (Lipinski definition) is 2. The Kier molecular flexibility index (Phi) is 2.51. The van der Waals surface area contributed by atoms with Crippen molar-refractivity contribution in [1.29, 1.82) is 0 Å². The van der Waals surface area contributed by atoms with Crippen LogP contribution in [-0.4, -0.2) is 16.7 Å². The molecule has 1 aromatic rings. The summed E-state index contributed by atoms with van der Waals surface area (Å²) in [4.78, 5) is 4.04. The van der Waals surface area contributed by atoms with Gasteiger partial charge in [0.1, 0.15) is 5.15 Å². The van der Waals surface area contributed by atoms with Crippen LogP contribution in [0.3, 0.4) is 0 Å². The van der Waals surface area contributed by atoms with Gasteiger partial charge in [-0.2, -0.15) is 0 Å². The van der Waals surface area contributed by atoms with Crippen LogP contribution < -0.4 is 0 Å². The lowest BCUT2D eigenvalue weighted by atomic mass is 9.84. The van der Waals surface area contributed by atoms with Gasteiger partial charge in [0.25, 0.3) is 0 Å². The van der Waals surface area contributed by atoms with Crippen LogP contribution in [0.25, 0.3) is 0 Å². The molecule has 0 unspecified atom stereocenters. The maximum atomic E-state index is 9.17. The van der Waals surface area contributed by atoms with Gasteiger partial charge in [-0.05, 0) is 36.5 Å². The fraction of sp³-hybridized carbons (Fsp3) is 0.500. The lowest BCUT2D eigenvalue weighted by molar-refractivity contribution is 0.253. The minimum atomic E-state index is 0.216. The summed E-state index contributed by atoms with van der Waals surface area (Å²) in [6.45, 7) is 0.216. The smallest absolute Gasteiger partial charge is 0.132 e. The average molecular weight is 198 g/mol. The van der Waals surface area contributed by atoms with E-state index in [0.717, 1.165) is 24.8 Å². The van der Waals surface area contributed by atoms with Crippen LogP contribution in [0.15, 0.2) is 12.3 Å². The van der Waals surface area contributed by atoms with E-state index in [4.69, 9.17) is 16.7 Å². The number of hydrogen-bond donors (Lipinski definition) is 1. The highest BCUT2D eigenvalue weighted by Gasteiger charge is 2.21. The molecule has 13 heavy (non-hydrogen) atoms. The van der Waals surface area contributed by atoms with Crippen molar-refractivity contribution in [3.8, 4) is 0 Å². The minimum absolute atomic E-state index is 0.216. The Balaban J connectivity index is 2.45. The summed E-state index contributed by atoms with van der Waals surface area (Å²) in [7, 11) is 0. The predicted octanol–water partition coefficient (Wildman–Crippen LogP) is 2.15. The zero-order valence-electron chi connectivity index (χ0n) is 7.33. The van der Waals surface area contributed by atoms with Gasteiger partial charge in [0.15, 0.2) is 0 Å². The molecule has 0 saturated heterocycles. The number of aromatic nitrogens is 1. The zero-order chi connectivity index (χ0) is 9.26. The van der Waals surface area contributed by atoms with E-state index in [9.17, 15) is 0 Å². The van der Waals surface area contributed by atoms with E-state index in [1.807, 2.05) is 6.07 Å². The normalized spacial score (nSPS) is 21.2. The highest BCUT2D eigenvalue weighted by Crippen LogP contribution is 2.33. The lowest BCUT2D eigenvalue weighted by Gasteiger charge is -2.23. The molecular formula is C10H12ClNO. The summed E-state index contributed by atoms with van der Waals surface area (Å²) < 4.78 is 0. The third-order valence-corrected chi connectivity index (χ3v) is 3.00. The van der Waals surface area contributed by atoms with Crippen molar-refractivity contribution in [2.45, 2.75) is 25.2 Å². The summed E-state index contributed by atoms with van der Waals surface area (Å²) in [5.41, 5.74) is 2.32. The second-order valence-electron chi connectivity index (χ2n) is 3.44. The molecule has 0 bridgehead atoms. The zero-order valence-corrected chi connectivity index (χ0v) is 8.09. The van der Waals surface area contributed by atoms with Crippen molar-refractivity contribution < 1.29 is 5.11 Å². The van der Waals surface area contributed by atoms with Gasteiger partial charge in [-0.25, -0.2) is 4.98 Å². The maximum absolute atomic E-state index is 9.17. The Labute approximate surface area is 82.6 Å². The molecule has 0 amide bonds. The van der Waals surface area contributed by atoms with E-state index in [-0.39, 0.29) is 12.5 Å². The predicted molar refractivity (Wildman–Crippen MR) is 52.0 cm³/mol. The third kappa shape index (κ3) is 1.56. The van der Waals surface area contributed by atoms with Crippen LogP contribution >= 0.6 is 11.6 Å². The van der Waals surface area contributed by atoms with Gasteiger partial charge in [0.2, 0.25) is 0 Å².